The van der Waals surface area contributed by atoms with E-state index >= 15 is 0 Å². The van der Waals surface area contributed by atoms with Crippen molar-refractivity contribution in [3.63, 3.8) is 0 Å². The van der Waals surface area contributed by atoms with Gasteiger partial charge in [-0.2, -0.15) is 13.2 Å². The number of nitrogens with zero attached hydrogens (tertiary/aromatic N) is 4. The zero-order valence-corrected chi connectivity index (χ0v) is 13.3. The Balaban J connectivity index is 1.62. The average molecular weight is 370 g/mol. The zero-order chi connectivity index (χ0) is 18.9. The summed E-state index contributed by atoms with van der Waals surface area (Å²) in [4.78, 5) is 24.0. The molecule has 0 N–H and O–H groups in total. The van der Waals surface area contributed by atoms with Crippen molar-refractivity contribution >= 4 is 11.6 Å². The molecule has 1 fully saturated rings. The lowest BCUT2D eigenvalue weighted by atomic mass is 9.96. The van der Waals surface area contributed by atoms with Crippen LogP contribution < -0.4 is 0 Å². The van der Waals surface area contributed by atoms with E-state index in [1.54, 1.807) is 4.90 Å². The van der Waals surface area contributed by atoms with Crippen LogP contribution in [0.3, 0.4) is 0 Å². The number of amides is 1. The van der Waals surface area contributed by atoms with Gasteiger partial charge in [0.2, 0.25) is 5.89 Å². The van der Waals surface area contributed by atoms with E-state index in [2.05, 4.69) is 14.6 Å². The maximum atomic E-state index is 12.5. The summed E-state index contributed by atoms with van der Waals surface area (Å²) in [5, 5.41) is 17.1. The largest absolute Gasteiger partial charge is 0.470 e. The predicted molar refractivity (Wildman–Crippen MR) is 80.3 cm³/mol. The summed E-state index contributed by atoms with van der Waals surface area (Å²) < 4.78 is 42.2. The van der Waals surface area contributed by atoms with Gasteiger partial charge in [-0.05, 0) is 25.0 Å². The molecule has 1 aromatic carbocycles. The number of hydrogen-bond donors (Lipinski definition) is 0. The maximum absolute atomic E-state index is 12.5. The second-order valence-electron chi connectivity index (χ2n) is 5.81. The van der Waals surface area contributed by atoms with Gasteiger partial charge in [0.1, 0.15) is 0 Å². The minimum Gasteiger partial charge on any atom is -0.417 e. The number of rotatable bonds is 3. The molecule has 1 aromatic heterocycles. The molecule has 26 heavy (non-hydrogen) atoms. The zero-order valence-electron chi connectivity index (χ0n) is 13.3. The van der Waals surface area contributed by atoms with Crippen molar-refractivity contribution in [2.24, 2.45) is 0 Å². The molecule has 0 unspecified atom stereocenters. The van der Waals surface area contributed by atoms with Crippen LogP contribution in [0.15, 0.2) is 28.7 Å². The van der Waals surface area contributed by atoms with Crippen LogP contribution >= 0.6 is 0 Å². The lowest BCUT2D eigenvalue weighted by Gasteiger charge is -2.30. The Hall–Kier alpha value is -2.98. The fourth-order valence-electron chi connectivity index (χ4n) is 2.75. The Bertz CT molecular complexity index is 811. The van der Waals surface area contributed by atoms with Crippen LogP contribution in [0, 0.1) is 10.1 Å². The highest BCUT2D eigenvalue weighted by Gasteiger charge is 2.39. The highest BCUT2D eigenvalue weighted by atomic mass is 19.4. The van der Waals surface area contributed by atoms with E-state index < -0.39 is 17.0 Å². The van der Waals surface area contributed by atoms with Crippen molar-refractivity contribution in [2.75, 3.05) is 13.1 Å². The van der Waals surface area contributed by atoms with Gasteiger partial charge in [0.05, 0.1) is 4.92 Å². The summed E-state index contributed by atoms with van der Waals surface area (Å²) in [7, 11) is 0. The molecular formula is C15H13F3N4O4. The molecule has 1 aliphatic rings. The van der Waals surface area contributed by atoms with Gasteiger partial charge in [0.25, 0.3) is 11.6 Å². The second-order valence-corrected chi connectivity index (χ2v) is 5.81. The van der Waals surface area contributed by atoms with E-state index in [1.807, 2.05) is 0 Å². The Labute approximate surface area is 144 Å². The van der Waals surface area contributed by atoms with Crippen LogP contribution in [0.25, 0.3) is 0 Å². The predicted octanol–water partition coefficient (Wildman–Crippen LogP) is 3.02. The number of nitro groups is 1. The van der Waals surface area contributed by atoms with Crippen molar-refractivity contribution in [1.29, 1.82) is 0 Å². The number of nitro benzene ring substituents is 1. The third-order valence-corrected chi connectivity index (χ3v) is 4.14. The minimum atomic E-state index is -4.68. The average Bonchev–Trinajstić information content (AvgIpc) is 3.12. The molecule has 3 rings (SSSR count). The van der Waals surface area contributed by atoms with Crippen molar-refractivity contribution in [1.82, 2.24) is 15.1 Å². The van der Waals surface area contributed by atoms with Crippen molar-refractivity contribution in [3.8, 4) is 0 Å². The summed E-state index contributed by atoms with van der Waals surface area (Å²) in [5.74, 6) is -2.10. The molecule has 0 bridgehead atoms. The molecule has 138 valence electrons. The summed E-state index contributed by atoms with van der Waals surface area (Å²) >= 11 is 0. The summed E-state index contributed by atoms with van der Waals surface area (Å²) in [6, 6.07) is 5.24. The number of halogens is 3. The first kappa shape index (κ1) is 17.8. The third kappa shape index (κ3) is 3.65. The molecule has 1 saturated heterocycles. The lowest BCUT2D eigenvalue weighted by molar-refractivity contribution is -0.384. The number of non-ortho nitro benzene ring substituents is 1. The molecular weight excluding hydrogens is 357 g/mol. The molecule has 11 heteroatoms. The number of benzene rings is 1. The van der Waals surface area contributed by atoms with E-state index in [0.717, 1.165) is 0 Å². The summed E-state index contributed by atoms with van der Waals surface area (Å²) in [5.41, 5.74) is 0.198. The van der Waals surface area contributed by atoms with Crippen LogP contribution in [0.1, 0.15) is 40.9 Å². The molecule has 8 nitrogen and oxygen atoms in total. The van der Waals surface area contributed by atoms with E-state index in [1.165, 1.54) is 24.3 Å². The number of alkyl halides is 3. The van der Waals surface area contributed by atoms with E-state index in [-0.39, 0.29) is 23.4 Å². The molecule has 0 aliphatic carbocycles. The maximum Gasteiger partial charge on any atom is 0.470 e. The van der Waals surface area contributed by atoms with Crippen LogP contribution in [0.5, 0.6) is 0 Å². The molecule has 0 saturated carbocycles. The van der Waals surface area contributed by atoms with Gasteiger partial charge in [-0.1, -0.05) is 0 Å². The highest BCUT2D eigenvalue weighted by molar-refractivity contribution is 5.94. The van der Waals surface area contributed by atoms with E-state index in [0.29, 0.717) is 31.5 Å². The topological polar surface area (TPSA) is 102 Å². The second kappa shape index (κ2) is 6.73. The molecule has 0 radical (unpaired) electrons. The van der Waals surface area contributed by atoms with Crippen LogP contribution in [-0.4, -0.2) is 39.0 Å². The third-order valence-electron chi connectivity index (χ3n) is 4.14. The number of piperidine rings is 1. The quantitative estimate of drug-likeness (QED) is 0.608. The molecule has 2 aromatic rings. The fourth-order valence-corrected chi connectivity index (χ4v) is 2.75. The molecule has 1 amide bonds. The van der Waals surface area contributed by atoms with Gasteiger partial charge in [-0.3, -0.25) is 14.9 Å². The lowest BCUT2D eigenvalue weighted by Crippen LogP contribution is -2.38. The Kier molecular flexibility index (Phi) is 4.62. The highest BCUT2D eigenvalue weighted by Crippen LogP contribution is 2.32. The standard InChI is InChI=1S/C15H13F3N4O4/c16-15(17,18)14-20-19-12(26-14)9-5-7-21(8-6-9)13(23)10-1-3-11(4-2-10)22(24)25/h1-4,9H,5-8H2. The number of aromatic nitrogens is 2. The monoisotopic (exact) mass is 370 g/mol. The van der Waals surface area contributed by atoms with Gasteiger partial charge >= 0.3 is 12.1 Å². The smallest absolute Gasteiger partial charge is 0.417 e. The number of carbonyl (C=O) groups excluding carboxylic acids is 1. The summed E-state index contributed by atoms with van der Waals surface area (Å²) in [6.07, 6.45) is -3.91. The molecule has 0 spiro atoms. The SMILES string of the molecule is O=C(c1ccc([N+](=O)[O-])cc1)N1CCC(c2nnc(C(F)(F)F)o2)CC1. The first-order valence-electron chi connectivity index (χ1n) is 7.70. The Morgan fingerprint density at radius 2 is 1.81 bits per heavy atom. The van der Waals surface area contributed by atoms with Gasteiger partial charge in [0, 0.05) is 36.7 Å². The summed E-state index contributed by atoms with van der Waals surface area (Å²) in [6.45, 7) is 0.619. The van der Waals surface area contributed by atoms with Crippen molar-refractivity contribution in [3.05, 3.63) is 51.7 Å². The Morgan fingerprint density at radius 1 is 1.19 bits per heavy atom. The van der Waals surface area contributed by atoms with Gasteiger partial charge in [-0.25, -0.2) is 0 Å². The van der Waals surface area contributed by atoms with Crippen LogP contribution in [0.4, 0.5) is 18.9 Å². The number of hydrogen-bond acceptors (Lipinski definition) is 6. The van der Waals surface area contributed by atoms with Crippen LogP contribution in [0.2, 0.25) is 0 Å². The minimum absolute atomic E-state index is 0.0836. The molecule has 1 aliphatic heterocycles. The van der Waals surface area contributed by atoms with E-state index in [4.69, 9.17) is 0 Å². The van der Waals surface area contributed by atoms with Gasteiger partial charge < -0.3 is 9.32 Å². The van der Waals surface area contributed by atoms with Gasteiger partial charge in [0.15, 0.2) is 0 Å². The Morgan fingerprint density at radius 3 is 2.31 bits per heavy atom. The van der Waals surface area contributed by atoms with Crippen LogP contribution in [-0.2, 0) is 6.18 Å². The molecule has 0 atom stereocenters. The number of likely N-dealkylation sites (tertiary alicyclic amines) is 1. The van der Waals surface area contributed by atoms with Crippen molar-refractivity contribution < 1.29 is 27.3 Å². The van der Waals surface area contributed by atoms with Gasteiger partial charge in [-0.15, -0.1) is 10.2 Å². The van der Waals surface area contributed by atoms with E-state index in [9.17, 15) is 28.1 Å². The normalized spacial score (nSPS) is 15.9. The first-order valence-corrected chi connectivity index (χ1v) is 7.70. The fraction of sp³-hybridized carbons (Fsp3) is 0.400. The molecule has 2 heterocycles. The van der Waals surface area contributed by atoms with Crippen molar-refractivity contribution in [2.45, 2.75) is 24.9 Å². The number of carbonyl (C=O) groups is 1. The first-order chi connectivity index (χ1) is 12.3.